The number of nitrogens with zero attached hydrogens (tertiary/aromatic N) is 1. The maximum Gasteiger partial charge on any atom is 0.287 e. The third kappa shape index (κ3) is 4.72. The Morgan fingerprint density at radius 2 is 1.86 bits per heavy atom. The van der Waals surface area contributed by atoms with Crippen LogP contribution in [0.5, 0.6) is 5.75 Å². The molecule has 1 aliphatic rings. The van der Waals surface area contributed by atoms with Crippen molar-refractivity contribution < 1.29 is 28.3 Å². The largest absolute Gasteiger partial charge is 0.477 e. The normalized spacial score (nSPS) is 14.9. The average Bonchev–Trinajstić information content (AvgIpc) is 3.29. The summed E-state index contributed by atoms with van der Waals surface area (Å²) in [5.74, 6) is -1.37. The van der Waals surface area contributed by atoms with Crippen LogP contribution in [0.4, 0.5) is 5.69 Å². The highest BCUT2D eigenvalue weighted by Crippen LogP contribution is 2.33. The second kappa shape index (κ2) is 8.91. The summed E-state index contributed by atoms with van der Waals surface area (Å²) in [7, 11) is 1.48. The molecule has 2 heterocycles. The number of nitrogens with one attached hydrogen (secondary N) is 3. The molecule has 1 aliphatic heterocycles. The van der Waals surface area contributed by atoms with E-state index in [4.69, 9.17) is 9.15 Å². The number of likely N-dealkylation sites (N-methyl/N-ethyl adjacent to an activating group) is 1. The Morgan fingerprint density at radius 3 is 2.59 bits per heavy atom. The lowest BCUT2D eigenvalue weighted by atomic mass is 10.1. The van der Waals surface area contributed by atoms with E-state index >= 15 is 0 Å². The molecule has 3 rings (SSSR count). The lowest BCUT2D eigenvalue weighted by molar-refractivity contribution is -0.128. The first-order chi connectivity index (χ1) is 14.0. The van der Waals surface area contributed by atoms with Gasteiger partial charge in [-0.1, -0.05) is 12.1 Å². The fourth-order valence-corrected chi connectivity index (χ4v) is 2.76. The van der Waals surface area contributed by atoms with Gasteiger partial charge in [0.15, 0.2) is 11.9 Å². The second-order valence-corrected chi connectivity index (χ2v) is 6.13. The Hall–Kier alpha value is -3.82. The summed E-state index contributed by atoms with van der Waals surface area (Å²) < 4.78 is 10.6. The molecule has 29 heavy (non-hydrogen) atoms. The first-order valence-electron chi connectivity index (χ1n) is 8.85. The van der Waals surface area contributed by atoms with Crippen LogP contribution < -0.4 is 25.6 Å². The van der Waals surface area contributed by atoms with Crippen molar-refractivity contribution in [3.63, 3.8) is 0 Å². The molecule has 2 aromatic rings. The summed E-state index contributed by atoms with van der Waals surface area (Å²) in [5.41, 5.74) is 0.512. The molecular formula is C19H20N4O6. The molecule has 10 heteroatoms. The van der Waals surface area contributed by atoms with Crippen molar-refractivity contribution in [2.24, 2.45) is 0 Å². The van der Waals surface area contributed by atoms with Crippen LogP contribution in [0.1, 0.15) is 10.6 Å². The van der Waals surface area contributed by atoms with Gasteiger partial charge in [-0.15, -0.1) is 0 Å². The van der Waals surface area contributed by atoms with Gasteiger partial charge in [-0.25, -0.2) is 0 Å². The number of para-hydroxylation sites is 2. The fraction of sp³-hybridized carbons (Fsp3) is 0.263. The molecule has 0 unspecified atom stereocenters. The quantitative estimate of drug-likeness (QED) is 0.609. The average molecular weight is 400 g/mol. The van der Waals surface area contributed by atoms with Crippen molar-refractivity contribution in [3.8, 4) is 5.75 Å². The van der Waals surface area contributed by atoms with Gasteiger partial charge in [0.2, 0.25) is 11.8 Å². The van der Waals surface area contributed by atoms with Gasteiger partial charge in [0.1, 0.15) is 5.75 Å². The summed E-state index contributed by atoms with van der Waals surface area (Å²) in [6, 6.07) is 9.85. The van der Waals surface area contributed by atoms with Crippen molar-refractivity contribution in [3.05, 3.63) is 48.4 Å². The van der Waals surface area contributed by atoms with Gasteiger partial charge in [0.25, 0.3) is 11.8 Å². The van der Waals surface area contributed by atoms with E-state index in [2.05, 4.69) is 16.0 Å². The number of anilines is 1. The van der Waals surface area contributed by atoms with Gasteiger partial charge < -0.3 is 30.0 Å². The van der Waals surface area contributed by atoms with Gasteiger partial charge >= 0.3 is 0 Å². The lowest BCUT2D eigenvalue weighted by Crippen LogP contribution is -2.52. The molecule has 1 aromatic carbocycles. The van der Waals surface area contributed by atoms with E-state index in [1.807, 2.05) is 0 Å². The minimum absolute atomic E-state index is 0.0145. The van der Waals surface area contributed by atoms with Gasteiger partial charge in [-0.05, 0) is 24.3 Å². The molecule has 0 radical (unpaired) electrons. The predicted octanol–water partition coefficient (Wildman–Crippen LogP) is -0.334. The second-order valence-electron chi connectivity index (χ2n) is 6.13. The minimum Gasteiger partial charge on any atom is -0.477 e. The van der Waals surface area contributed by atoms with Crippen molar-refractivity contribution in [2.75, 3.05) is 31.6 Å². The van der Waals surface area contributed by atoms with E-state index in [-0.39, 0.29) is 31.3 Å². The highest BCUT2D eigenvalue weighted by atomic mass is 16.5. The standard InChI is InChI=1S/C19H20N4O6/c1-20-18(26)15-11-23(12-5-2-3-6-13(12)29-15)17(25)10-21-16(24)9-22-19(27)14-7-4-8-28-14/h2-8,15H,9-11H2,1H3,(H,20,26)(H,21,24)(H,22,27)/t15-/m1/s1. The summed E-state index contributed by atoms with van der Waals surface area (Å²) in [6.45, 7) is -0.599. The van der Waals surface area contributed by atoms with Crippen LogP contribution in [0.2, 0.25) is 0 Å². The number of carbonyl (C=O) groups excluding carboxylic acids is 4. The molecule has 0 fully saturated rings. The molecule has 0 spiro atoms. The van der Waals surface area contributed by atoms with Crippen molar-refractivity contribution in [1.82, 2.24) is 16.0 Å². The number of ether oxygens (including phenoxy) is 1. The van der Waals surface area contributed by atoms with E-state index in [1.165, 1.54) is 24.3 Å². The first-order valence-corrected chi connectivity index (χ1v) is 8.85. The van der Waals surface area contributed by atoms with Crippen LogP contribution in [-0.4, -0.2) is 56.4 Å². The van der Waals surface area contributed by atoms with Crippen LogP contribution in [0.25, 0.3) is 0 Å². The van der Waals surface area contributed by atoms with Crippen LogP contribution in [-0.2, 0) is 14.4 Å². The molecule has 0 aliphatic carbocycles. The van der Waals surface area contributed by atoms with Crippen molar-refractivity contribution >= 4 is 29.3 Å². The summed E-state index contributed by atoms with van der Waals surface area (Å²) in [6.07, 6.45) is 0.488. The van der Waals surface area contributed by atoms with Crippen molar-refractivity contribution in [2.45, 2.75) is 6.10 Å². The maximum absolute atomic E-state index is 12.7. The number of fused-ring (bicyclic) bond motifs is 1. The Balaban J connectivity index is 1.57. The maximum atomic E-state index is 12.7. The topological polar surface area (TPSA) is 130 Å². The molecule has 152 valence electrons. The zero-order valence-electron chi connectivity index (χ0n) is 15.6. The summed E-state index contributed by atoms with van der Waals surface area (Å²) in [5, 5.41) is 7.34. The number of rotatable bonds is 6. The van der Waals surface area contributed by atoms with E-state index < -0.39 is 23.8 Å². The van der Waals surface area contributed by atoms with Crippen molar-refractivity contribution in [1.29, 1.82) is 0 Å². The van der Waals surface area contributed by atoms with Gasteiger partial charge in [0.05, 0.1) is 31.6 Å². The molecule has 3 N–H and O–H groups in total. The number of hydrogen-bond donors (Lipinski definition) is 3. The number of amides is 4. The number of hydrogen-bond acceptors (Lipinski definition) is 6. The van der Waals surface area contributed by atoms with Crippen LogP contribution in [0, 0.1) is 0 Å². The van der Waals surface area contributed by atoms with E-state index in [1.54, 1.807) is 30.3 Å². The first kappa shape index (κ1) is 19.9. The minimum atomic E-state index is -0.859. The molecular weight excluding hydrogens is 380 g/mol. The molecule has 1 atom stereocenters. The SMILES string of the molecule is CNC(=O)[C@H]1CN(C(=O)CNC(=O)CNC(=O)c2ccco2)c2ccccc2O1. The molecule has 10 nitrogen and oxygen atoms in total. The Labute approximate surface area is 166 Å². The van der Waals surface area contributed by atoms with Gasteiger partial charge in [0, 0.05) is 7.05 Å². The molecule has 1 aromatic heterocycles. The third-order valence-corrected chi connectivity index (χ3v) is 4.20. The zero-order valence-corrected chi connectivity index (χ0v) is 15.6. The lowest BCUT2D eigenvalue weighted by Gasteiger charge is -2.34. The molecule has 4 amide bonds. The highest BCUT2D eigenvalue weighted by Gasteiger charge is 2.33. The van der Waals surface area contributed by atoms with Gasteiger partial charge in [-0.2, -0.15) is 0 Å². The number of furan rings is 1. The van der Waals surface area contributed by atoms with E-state index in [0.717, 1.165) is 0 Å². The molecule has 0 saturated carbocycles. The molecule has 0 saturated heterocycles. The number of benzene rings is 1. The summed E-state index contributed by atoms with van der Waals surface area (Å²) in [4.78, 5) is 49.7. The van der Waals surface area contributed by atoms with Gasteiger partial charge in [-0.3, -0.25) is 19.2 Å². The smallest absolute Gasteiger partial charge is 0.287 e. The monoisotopic (exact) mass is 400 g/mol. The van der Waals surface area contributed by atoms with E-state index in [0.29, 0.717) is 11.4 Å². The zero-order chi connectivity index (χ0) is 20.8. The Bertz CT molecular complexity index is 911. The highest BCUT2D eigenvalue weighted by molar-refractivity contribution is 6.00. The number of carbonyl (C=O) groups is 4. The Morgan fingerprint density at radius 1 is 1.07 bits per heavy atom. The van der Waals surface area contributed by atoms with Crippen LogP contribution in [0.3, 0.4) is 0 Å². The third-order valence-electron chi connectivity index (χ3n) is 4.20. The summed E-state index contributed by atoms with van der Waals surface area (Å²) >= 11 is 0. The van der Waals surface area contributed by atoms with Crippen LogP contribution in [0.15, 0.2) is 47.1 Å². The Kier molecular flexibility index (Phi) is 6.12. The van der Waals surface area contributed by atoms with Crippen LogP contribution >= 0.6 is 0 Å². The van der Waals surface area contributed by atoms with E-state index in [9.17, 15) is 19.2 Å². The molecule has 0 bridgehead atoms. The fourth-order valence-electron chi connectivity index (χ4n) is 2.76. The predicted molar refractivity (Wildman–Crippen MR) is 101 cm³/mol.